The summed E-state index contributed by atoms with van der Waals surface area (Å²) in [6.07, 6.45) is 0. The van der Waals surface area contributed by atoms with Crippen LogP contribution in [0, 0.1) is 0 Å². The van der Waals surface area contributed by atoms with Crippen LogP contribution in [-0.2, 0) is 5.41 Å². The van der Waals surface area contributed by atoms with Gasteiger partial charge in [0.05, 0.1) is 16.8 Å². The smallest absolute Gasteiger partial charge is 0.140 e. The highest BCUT2D eigenvalue weighted by atomic mass is 16.5. The molecule has 1 aliphatic carbocycles. The van der Waals surface area contributed by atoms with Crippen molar-refractivity contribution >= 4 is 49.4 Å². The van der Waals surface area contributed by atoms with Gasteiger partial charge in [-0.05, 0) is 68.2 Å². The molecule has 10 aromatic carbocycles. The SMILES string of the molecule is c1ccc(N(c2ccccc2-c2cccc3c2-c2ccccc2C32c3ccc4ccccc4c3Oc3c2ccc2ccccc32)c2cccc3ccccc23)cc1. The molecule has 0 amide bonds. The molecule has 0 radical (unpaired) electrons. The third-order valence-electron chi connectivity index (χ3n) is 12.3. The van der Waals surface area contributed by atoms with E-state index in [0.717, 1.165) is 39.3 Å². The van der Waals surface area contributed by atoms with Gasteiger partial charge in [0.25, 0.3) is 0 Å². The summed E-state index contributed by atoms with van der Waals surface area (Å²) in [5, 5.41) is 6.98. The van der Waals surface area contributed by atoms with Crippen molar-refractivity contribution in [3.05, 3.63) is 235 Å². The first kappa shape index (κ1) is 31.9. The van der Waals surface area contributed by atoms with E-state index in [9.17, 15) is 0 Å². The number of hydrogen-bond acceptors (Lipinski definition) is 2. The summed E-state index contributed by atoms with van der Waals surface area (Å²) in [6, 6.07) is 77.4. The van der Waals surface area contributed by atoms with Crippen molar-refractivity contribution in [1.82, 2.24) is 0 Å². The lowest BCUT2D eigenvalue weighted by Crippen LogP contribution is -2.32. The molecular formula is C55H35NO. The quantitative estimate of drug-likeness (QED) is 0.179. The van der Waals surface area contributed by atoms with Crippen LogP contribution in [0.5, 0.6) is 11.5 Å². The fourth-order valence-electron chi connectivity index (χ4n) is 9.96. The summed E-state index contributed by atoms with van der Waals surface area (Å²) in [5.41, 5.74) is 12.5. The number of nitrogens with zero attached hydrogens (tertiary/aromatic N) is 1. The Labute approximate surface area is 331 Å². The molecule has 0 unspecified atom stereocenters. The first-order valence-corrected chi connectivity index (χ1v) is 19.7. The van der Waals surface area contributed by atoms with Gasteiger partial charge in [-0.2, -0.15) is 0 Å². The number of hydrogen-bond donors (Lipinski definition) is 0. The van der Waals surface area contributed by atoms with Crippen LogP contribution in [-0.4, -0.2) is 0 Å². The second kappa shape index (κ2) is 12.3. The van der Waals surface area contributed by atoms with Gasteiger partial charge in [0.15, 0.2) is 0 Å². The standard InChI is InChI=1S/C55H35NO/c1-2-20-39(21-3-1)56(50-31-14-19-36-16-4-7-22-40(36)50)51-30-13-11-25-43(51)44-27-15-29-47-52(44)45-26-10-12-28-46(45)55(47)48-34-32-37-17-5-8-23-41(37)53(48)57-54-42-24-9-6-18-38(42)33-35-49(54)55/h1-35H. The Hall–Kier alpha value is -7.42. The first-order valence-electron chi connectivity index (χ1n) is 19.7. The predicted molar refractivity (Wildman–Crippen MR) is 236 cm³/mol. The van der Waals surface area contributed by atoms with E-state index < -0.39 is 5.41 Å². The zero-order valence-corrected chi connectivity index (χ0v) is 31.1. The maximum Gasteiger partial charge on any atom is 0.140 e. The Morgan fingerprint density at radius 2 is 0.807 bits per heavy atom. The van der Waals surface area contributed by atoms with Gasteiger partial charge in [-0.25, -0.2) is 0 Å². The molecule has 2 heteroatoms. The molecule has 0 saturated carbocycles. The van der Waals surface area contributed by atoms with Crippen LogP contribution < -0.4 is 9.64 Å². The highest BCUT2D eigenvalue weighted by molar-refractivity contribution is 6.06. The number of anilines is 3. The lowest BCUT2D eigenvalue weighted by atomic mass is 9.65. The third-order valence-corrected chi connectivity index (χ3v) is 12.3. The maximum atomic E-state index is 7.21. The Kier molecular flexibility index (Phi) is 6.88. The van der Waals surface area contributed by atoms with Crippen molar-refractivity contribution in [2.24, 2.45) is 0 Å². The van der Waals surface area contributed by atoms with Crippen molar-refractivity contribution in [3.8, 4) is 33.8 Å². The van der Waals surface area contributed by atoms with Crippen LogP contribution in [0.4, 0.5) is 17.1 Å². The summed E-state index contributed by atoms with van der Waals surface area (Å²) in [7, 11) is 0. The minimum atomic E-state index is -0.622. The molecule has 2 nitrogen and oxygen atoms in total. The molecular weight excluding hydrogens is 691 g/mol. The summed E-state index contributed by atoms with van der Waals surface area (Å²) < 4.78 is 7.21. The molecule has 10 aromatic rings. The van der Waals surface area contributed by atoms with E-state index in [2.05, 4.69) is 217 Å². The van der Waals surface area contributed by atoms with E-state index in [-0.39, 0.29) is 0 Å². The maximum absolute atomic E-state index is 7.21. The van der Waals surface area contributed by atoms with E-state index in [1.807, 2.05) is 0 Å². The molecule has 1 heterocycles. The fourth-order valence-corrected chi connectivity index (χ4v) is 9.96. The number of para-hydroxylation sites is 2. The van der Waals surface area contributed by atoms with Crippen LogP contribution >= 0.6 is 0 Å². The van der Waals surface area contributed by atoms with Gasteiger partial charge in [-0.3, -0.25) is 0 Å². The van der Waals surface area contributed by atoms with Crippen molar-refractivity contribution in [3.63, 3.8) is 0 Å². The van der Waals surface area contributed by atoms with Crippen molar-refractivity contribution in [2.75, 3.05) is 4.90 Å². The minimum absolute atomic E-state index is 0.622. The van der Waals surface area contributed by atoms with Gasteiger partial charge in [-0.15, -0.1) is 0 Å². The highest BCUT2D eigenvalue weighted by Crippen LogP contribution is 2.65. The lowest BCUT2D eigenvalue weighted by molar-refractivity contribution is 0.447. The van der Waals surface area contributed by atoms with E-state index in [1.54, 1.807) is 0 Å². The van der Waals surface area contributed by atoms with Crippen molar-refractivity contribution in [1.29, 1.82) is 0 Å². The second-order valence-corrected chi connectivity index (χ2v) is 15.1. The van der Waals surface area contributed by atoms with E-state index >= 15 is 0 Å². The average Bonchev–Trinajstić information content (AvgIpc) is 3.58. The van der Waals surface area contributed by atoms with Crippen LogP contribution in [0.25, 0.3) is 54.6 Å². The van der Waals surface area contributed by atoms with Crippen LogP contribution in [0.15, 0.2) is 212 Å². The predicted octanol–water partition coefficient (Wildman–Crippen LogP) is 14.8. The normalized spacial score (nSPS) is 13.2. The molecule has 0 N–H and O–H groups in total. The molecule has 266 valence electrons. The van der Waals surface area contributed by atoms with Gasteiger partial charge in [0, 0.05) is 38.5 Å². The second-order valence-electron chi connectivity index (χ2n) is 15.1. The first-order chi connectivity index (χ1) is 28.3. The molecule has 12 rings (SSSR count). The van der Waals surface area contributed by atoms with Crippen LogP contribution in [0.3, 0.4) is 0 Å². The summed E-state index contributed by atoms with van der Waals surface area (Å²) in [6.45, 7) is 0. The largest absolute Gasteiger partial charge is 0.455 e. The molecule has 0 atom stereocenters. The van der Waals surface area contributed by atoms with E-state index in [1.165, 1.54) is 66.1 Å². The zero-order valence-electron chi connectivity index (χ0n) is 31.1. The molecule has 57 heavy (non-hydrogen) atoms. The Morgan fingerprint density at radius 1 is 0.316 bits per heavy atom. The van der Waals surface area contributed by atoms with Gasteiger partial charge in [0.2, 0.25) is 0 Å². The number of fused-ring (bicyclic) bond motifs is 14. The van der Waals surface area contributed by atoms with Gasteiger partial charge in [0.1, 0.15) is 11.5 Å². The highest BCUT2D eigenvalue weighted by Gasteiger charge is 2.52. The Balaban J connectivity index is 1.19. The summed E-state index contributed by atoms with van der Waals surface area (Å²) in [4.78, 5) is 2.44. The van der Waals surface area contributed by atoms with Crippen LogP contribution in [0.1, 0.15) is 22.3 Å². The summed E-state index contributed by atoms with van der Waals surface area (Å²) >= 11 is 0. The minimum Gasteiger partial charge on any atom is -0.455 e. The van der Waals surface area contributed by atoms with Gasteiger partial charge in [-0.1, -0.05) is 188 Å². The average molecular weight is 726 g/mol. The topological polar surface area (TPSA) is 12.5 Å². The van der Waals surface area contributed by atoms with E-state index in [0.29, 0.717) is 0 Å². The Morgan fingerprint density at radius 3 is 1.53 bits per heavy atom. The molecule has 0 bridgehead atoms. The van der Waals surface area contributed by atoms with E-state index in [4.69, 9.17) is 4.74 Å². The molecule has 0 fully saturated rings. The fraction of sp³-hybridized carbons (Fsp3) is 0.0182. The van der Waals surface area contributed by atoms with Crippen LogP contribution in [0.2, 0.25) is 0 Å². The van der Waals surface area contributed by atoms with Crippen molar-refractivity contribution < 1.29 is 4.74 Å². The lowest BCUT2D eigenvalue weighted by Gasteiger charge is -2.40. The molecule has 0 aromatic heterocycles. The molecule has 1 spiro atoms. The van der Waals surface area contributed by atoms with Gasteiger partial charge < -0.3 is 9.64 Å². The van der Waals surface area contributed by atoms with Gasteiger partial charge >= 0.3 is 0 Å². The third kappa shape index (κ3) is 4.47. The Bertz CT molecular complexity index is 3140. The number of benzene rings is 10. The number of rotatable bonds is 4. The van der Waals surface area contributed by atoms with Crippen molar-refractivity contribution in [2.45, 2.75) is 5.41 Å². The molecule has 1 aliphatic heterocycles. The number of ether oxygens (including phenoxy) is 1. The molecule has 0 saturated heterocycles. The monoisotopic (exact) mass is 725 g/mol. The molecule has 2 aliphatic rings. The summed E-state index contributed by atoms with van der Waals surface area (Å²) in [5.74, 6) is 1.85. The zero-order chi connectivity index (χ0) is 37.5.